The van der Waals surface area contributed by atoms with E-state index in [2.05, 4.69) is 13.8 Å². The largest absolute Gasteiger partial charge is 0.330 e. The average molecular weight is 329 g/mol. The lowest BCUT2D eigenvalue weighted by Crippen LogP contribution is -1.93. The van der Waals surface area contributed by atoms with Crippen LogP contribution in [0.5, 0.6) is 0 Å². The van der Waals surface area contributed by atoms with Gasteiger partial charge in [-0.2, -0.15) is 0 Å². The number of hydrogen-bond donors (Lipinski definition) is 1. The molecule has 0 unspecified atom stereocenters. The molecule has 0 aromatic carbocycles. The molecule has 2 nitrogen and oxygen atoms in total. The Kier molecular flexibility index (Phi) is 29.3. The van der Waals surface area contributed by atoms with E-state index < -0.39 is 0 Å². The highest BCUT2D eigenvalue weighted by molar-refractivity contribution is 4.49. The summed E-state index contributed by atoms with van der Waals surface area (Å²) in [6.07, 6.45) is 22.9. The Morgan fingerprint density at radius 2 is 0.739 bits per heavy atom. The Morgan fingerprint density at radius 1 is 0.478 bits per heavy atom. The first-order valence-electron chi connectivity index (χ1n) is 10.6. The Hall–Kier alpha value is -0.0800. The normalized spacial score (nSPS) is 10.4. The minimum absolute atomic E-state index is 0.123. The molecule has 0 aliphatic carbocycles. The second kappa shape index (κ2) is 26.8. The van der Waals surface area contributed by atoms with Gasteiger partial charge in [0.2, 0.25) is 0 Å². The van der Waals surface area contributed by atoms with E-state index in [4.69, 9.17) is 5.73 Å². The van der Waals surface area contributed by atoms with Crippen LogP contribution < -0.4 is 5.73 Å². The van der Waals surface area contributed by atoms with Crippen LogP contribution in [0.1, 0.15) is 123 Å². The van der Waals surface area contributed by atoms with E-state index in [1.54, 1.807) is 0 Å². The van der Waals surface area contributed by atoms with Crippen molar-refractivity contribution >= 4 is 0 Å². The molecule has 2 N–H and O–H groups in total. The van der Waals surface area contributed by atoms with Crippen LogP contribution in [0, 0.1) is 0 Å². The highest BCUT2D eigenvalue weighted by Gasteiger charge is 1.94. The van der Waals surface area contributed by atoms with E-state index in [0.717, 1.165) is 25.8 Å². The van der Waals surface area contributed by atoms with Crippen molar-refractivity contribution in [2.45, 2.75) is 123 Å². The second-order valence-corrected chi connectivity index (χ2v) is 6.80. The van der Waals surface area contributed by atoms with Gasteiger partial charge >= 0.3 is 0 Å². The molecule has 0 heterocycles. The van der Waals surface area contributed by atoms with Crippen LogP contribution in [0.15, 0.2) is 0 Å². The smallest absolute Gasteiger partial charge is 0.0822 e. The molecule has 0 aliphatic heterocycles. The van der Waals surface area contributed by atoms with E-state index in [9.17, 15) is 5.11 Å². The highest BCUT2D eigenvalue weighted by Crippen LogP contribution is 2.13. The topological polar surface area (TPSA) is 45.9 Å². The van der Waals surface area contributed by atoms with Crippen LogP contribution in [-0.2, 0) is 5.11 Å². The summed E-state index contributed by atoms with van der Waals surface area (Å²) in [5, 5.41) is 10.3. The van der Waals surface area contributed by atoms with Gasteiger partial charge in [0.15, 0.2) is 0 Å². The van der Waals surface area contributed by atoms with Gasteiger partial charge in [-0.25, -0.2) is 5.11 Å². The van der Waals surface area contributed by atoms with Gasteiger partial charge in [0.1, 0.15) is 0 Å². The van der Waals surface area contributed by atoms with Crippen molar-refractivity contribution < 1.29 is 5.11 Å². The molecular formula is C21H46NO. The summed E-state index contributed by atoms with van der Waals surface area (Å²) >= 11 is 0. The van der Waals surface area contributed by atoms with Crippen molar-refractivity contribution in [3.05, 3.63) is 0 Å². The quantitative estimate of drug-likeness (QED) is 0.286. The van der Waals surface area contributed by atoms with E-state index in [1.165, 1.54) is 89.9 Å². The van der Waals surface area contributed by atoms with Crippen molar-refractivity contribution in [3.63, 3.8) is 0 Å². The lowest BCUT2D eigenvalue weighted by molar-refractivity contribution is 0.186. The fourth-order valence-corrected chi connectivity index (χ4v) is 2.65. The minimum Gasteiger partial charge on any atom is -0.330 e. The number of rotatable bonds is 17. The zero-order chi connectivity index (χ0) is 17.4. The van der Waals surface area contributed by atoms with Gasteiger partial charge < -0.3 is 5.73 Å². The average Bonchev–Trinajstić information content (AvgIpc) is 2.58. The number of hydrogen-bond acceptors (Lipinski definition) is 1. The lowest BCUT2D eigenvalue weighted by Gasteiger charge is -2.03. The van der Waals surface area contributed by atoms with Crippen LogP contribution in [0.25, 0.3) is 0 Å². The summed E-state index contributed by atoms with van der Waals surface area (Å²) in [4.78, 5) is 0. The van der Waals surface area contributed by atoms with Gasteiger partial charge in [0.25, 0.3) is 0 Å². The molecule has 0 saturated carbocycles. The van der Waals surface area contributed by atoms with Crippen molar-refractivity contribution in [2.75, 3.05) is 13.2 Å². The lowest BCUT2D eigenvalue weighted by atomic mass is 10.0. The van der Waals surface area contributed by atoms with E-state index in [-0.39, 0.29) is 6.61 Å². The summed E-state index contributed by atoms with van der Waals surface area (Å²) < 4.78 is 0. The monoisotopic (exact) mass is 328 g/mol. The van der Waals surface area contributed by atoms with Crippen molar-refractivity contribution in [3.8, 4) is 0 Å². The van der Waals surface area contributed by atoms with Crippen LogP contribution in [-0.4, -0.2) is 13.2 Å². The first kappa shape index (κ1) is 25.2. The predicted molar refractivity (Wildman–Crippen MR) is 104 cm³/mol. The molecule has 0 atom stereocenters. The molecular weight excluding hydrogens is 282 g/mol. The predicted octanol–water partition coefficient (Wildman–Crippen LogP) is 7.03. The first-order valence-corrected chi connectivity index (χ1v) is 10.6. The Labute approximate surface area is 147 Å². The molecule has 0 amide bonds. The summed E-state index contributed by atoms with van der Waals surface area (Å²) in [5.74, 6) is 0. The summed E-state index contributed by atoms with van der Waals surface area (Å²) in [5.41, 5.74) is 5.03. The maximum atomic E-state index is 10.3. The second-order valence-electron chi connectivity index (χ2n) is 6.80. The van der Waals surface area contributed by atoms with Gasteiger partial charge in [-0.05, 0) is 19.4 Å². The van der Waals surface area contributed by atoms with Crippen LogP contribution in [0.4, 0.5) is 0 Å². The summed E-state index contributed by atoms with van der Waals surface area (Å²) in [6.45, 7) is 5.28. The number of unbranched alkanes of at least 4 members (excludes halogenated alkanes) is 15. The molecule has 0 aromatic rings. The van der Waals surface area contributed by atoms with Gasteiger partial charge in [-0.1, -0.05) is 110 Å². The van der Waals surface area contributed by atoms with Gasteiger partial charge in [-0.3, -0.25) is 0 Å². The van der Waals surface area contributed by atoms with Gasteiger partial charge in [0, 0.05) is 0 Å². The van der Waals surface area contributed by atoms with Crippen molar-refractivity contribution in [1.82, 2.24) is 0 Å². The van der Waals surface area contributed by atoms with Crippen LogP contribution in [0.2, 0.25) is 0 Å². The third kappa shape index (κ3) is 30.4. The van der Waals surface area contributed by atoms with E-state index in [1.807, 2.05) is 0 Å². The third-order valence-electron chi connectivity index (χ3n) is 4.29. The van der Waals surface area contributed by atoms with Crippen LogP contribution >= 0.6 is 0 Å². The molecule has 141 valence electrons. The summed E-state index contributed by atoms with van der Waals surface area (Å²) in [6, 6.07) is 0. The Balaban J connectivity index is 0. The standard InChI is InChI=1S/C18H37O.C3H9N/c1-2-3-4-5-6-7-8-9-10-11-12-13-14-15-16-17-18-19;1-2-3-4/h2-18H2,1H3;2-4H2,1H3. The maximum Gasteiger partial charge on any atom is 0.0822 e. The summed E-state index contributed by atoms with van der Waals surface area (Å²) in [7, 11) is 0. The molecule has 0 aliphatic rings. The first-order chi connectivity index (χ1) is 11.3. The zero-order valence-corrected chi connectivity index (χ0v) is 16.4. The molecule has 0 fully saturated rings. The molecule has 0 bridgehead atoms. The molecule has 23 heavy (non-hydrogen) atoms. The van der Waals surface area contributed by atoms with E-state index >= 15 is 0 Å². The fraction of sp³-hybridized carbons (Fsp3) is 1.00. The molecule has 0 spiro atoms. The Morgan fingerprint density at radius 3 is 0.957 bits per heavy atom. The maximum absolute atomic E-state index is 10.3. The third-order valence-corrected chi connectivity index (χ3v) is 4.29. The van der Waals surface area contributed by atoms with Crippen molar-refractivity contribution in [2.24, 2.45) is 5.73 Å². The number of nitrogens with two attached hydrogens (primary N) is 1. The zero-order valence-electron chi connectivity index (χ0n) is 16.4. The highest BCUT2D eigenvalue weighted by atomic mass is 16.2. The SMILES string of the molecule is CCCCCCCCCCCCCCCCCC[O].CCCN. The van der Waals surface area contributed by atoms with Gasteiger partial charge in [-0.15, -0.1) is 0 Å². The molecule has 0 saturated heterocycles. The van der Waals surface area contributed by atoms with Crippen molar-refractivity contribution in [1.29, 1.82) is 0 Å². The van der Waals surface area contributed by atoms with Crippen LogP contribution in [0.3, 0.4) is 0 Å². The molecule has 2 heteroatoms. The van der Waals surface area contributed by atoms with Gasteiger partial charge in [0.05, 0.1) is 6.61 Å². The molecule has 0 aromatic heterocycles. The minimum atomic E-state index is 0.123. The molecule has 0 rings (SSSR count). The van der Waals surface area contributed by atoms with E-state index in [0.29, 0.717) is 0 Å². The fourth-order valence-electron chi connectivity index (χ4n) is 2.65. The molecule has 1 radical (unpaired) electrons. The Bertz CT molecular complexity index is 155.